The molecule has 5 nitrogen and oxygen atoms in total. The van der Waals surface area contributed by atoms with Gasteiger partial charge in [-0.15, -0.1) is 0 Å². The van der Waals surface area contributed by atoms with Crippen molar-refractivity contribution in [3.8, 4) is 0 Å². The predicted octanol–water partition coefficient (Wildman–Crippen LogP) is 3.99. The molecule has 0 fully saturated rings. The summed E-state index contributed by atoms with van der Waals surface area (Å²) in [6.45, 7) is 1.25. The molecule has 1 aromatic heterocycles. The van der Waals surface area contributed by atoms with Gasteiger partial charge in [0.25, 0.3) is 5.91 Å². The number of hydrogen-bond donors (Lipinski definition) is 1. The van der Waals surface area contributed by atoms with E-state index in [2.05, 4.69) is 10.4 Å². The van der Waals surface area contributed by atoms with Crippen molar-refractivity contribution in [1.82, 2.24) is 15.1 Å². The highest BCUT2D eigenvalue weighted by molar-refractivity contribution is 5.94. The van der Waals surface area contributed by atoms with Crippen molar-refractivity contribution in [2.75, 3.05) is 13.2 Å². The normalized spacial score (nSPS) is 16.2. The van der Waals surface area contributed by atoms with Gasteiger partial charge in [0, 0.05) is 18.3 Å². The molecule has 2 aromatic carbocycles. The molecule has 1 aliphatic heterocycles. The van der Waals surface area contributed by atoms with Crippen LogP contribution in [0, 0.1) is 0 Å². The zero-order valence-corrected chi connectivity index (χ0v) is 16.0. The van der Waals surface area contributed by atoms with Crippen LogP contribution < -0.4 is 5.32 Å². The van der Waals surface area contributed by atoms with Crippen LogP contribution in [0.4, 0.5) is 13.2 Å². The Balaban J connectivity index is 1.44. The van der Waals surface area contributed by atoms with Crippen LogP contribution in [0.15, 0.2) is 60.8 Å². The first kappa shape index (κ1) is 20.2. The van der Waals surface area contributed by atoms with Crippen molar-refractivity contribution < 1.29 is 22.7 Å². The van der Waals surface area contributed by atoms with Crippen molar-refractivity contribution in [1.29, 1.82) is 0 Å². The summed E-state index contributed by atoms with van der Waals surface area (Å²) in [5, 5.41) is 7.28. The SMILES string of the molecule is O=C(NC[C@@H]1OCCc2cn(Cc3ccccc3)nc21)c1cccc(C(F)(F)F)c1. The molecule has 0 radical (unpaired) electrons. The molecule has 2 heterocycles. The molecule has 1 atom stereocenters. The van der Waals surface area contributed by atoms with Gasteiger partial charge in [0.15, 0.2) is 0 Å². The maximum atomic E-state index is 12.9. The number of amides is 1. The molecule has 8 heteroatoms. The summed E-state index contributed by atoms with van der Waals surface area (Å²) in [6.07, 6.45) is -2.24. The number of halogens is 3. The summed E-state index contributed by atoms with van der Waals surface area (Å²) < 4.78 is 46.2. The second-order valence-electron chi connectivity index (χ2n) is 7.12. The van der Waals surface area contributed by atoms with Crippen LogP contribution in [0.25, 0.3) is 0 Å². The topological polar surface area (TPSA) is 56.1 Å². The Kier molecular flexibility index (Phi) is 5.59. The lowest BCUT2D eigenvalue weighted by Gasteiger charge is -2.22. The average Bonchev–Trinajstić information content (AvgIpc) is 3.15. The van der Waals surface area contributed by atoms with Crippen LogP contribution in [0.3, 0.4) is 0 Å². The molecule has 1 amide bonds. The van der Waals surface area contributed by atoms with Crippen LogP contribution in [0.5, 0.6) is 0 Å². The third kappa shape index (κ3) is 4.54. The number of nitrogens with zero attached hydrogens (tertiary/aromatic N) is 2. The lowest BCUT2D eigenvalue weighted by molar-refractivity contribution is -0.137. The summed E-state index contributed by atoms with van der Waals surface area (Å²) >= 11 is 0. The number of nitrogens with one attached hydrogen (secondary N) is 1. The number of aromatic nitrogens is 2. The molecule has 0 unspecified atom stereocenters. The van der Waals surface area contributed by atoms with Crippen LogP contribution in [-0.2, 0) is 23.9 Å². The fourth-order valence-electron chi connectivity index (χ4n) is 3.46. The standard InChI is InChI=1S/C22H20F3N3O2/c23-22(24,25)18-8-4-7-16(11-18)21(29)26-12-19-20-17(9-10-30-19)14-28(27-20)13-15-5-2-1-3-6-15/h1-8,11,14,19H,9-10,12-13H2,(H,26,29)/t19-/m0/s1. The van der Waals surface area contributed by atoms with Gasteiger partial charge in [-0.3, -0.25) is 9.48 Å². The van der Waals surface area contributed by atoms with Gasteiger partial charge in [0.05, 0.1) is 24.4 Å². The molecule has 1 aliphatic rings. The monoisotopic (exact) mass is 415 g/mol. The van der Waals surface area contributed by atoms with Gasteiger partial charge in [0.2, 0.25) is 0 Å². The first-order valence-electron chi connectivity index (χ1n) is 9.57. The molecule has 4 rings (SSSR count). The lowest BCUT2D eigenvalue weighted by atomic mass is 10.1. The van der Waals surface area contributed by atoms with Crippen LogP contribution in [0.2, 0.25) is 0 Å². The lowest BCUT2D eigenvalue weighted by Crippen LogP contribution is -2.32. The van der Waals surface area contributed by atoms with Crippen LogP contribution in [0.1, 0.15) is 38.8 Å². The van der Waals surface area contributed by atoms with Gasteiger partial charge in [0.1, 0.15) is 6.10 Å². The van der Waals surface area contributed by atoms with E-state index in [1.165, 1.54) is 12.1 Å². The molecule has 156 valence electrons. The fourth-order valence-corrected chi connectivity index (χ4v) is 3.46. The molecule has 1 N–H and O–H groups in total. The number of rotatable bonds is 5. The van der Waals surface area contributed by atoms with Crippen molar-refractivity contribution in [3.05, 3.63) is 88.7 Å². The fraction of sp³-hybridized carbons (Fsp3) is 0.273. The number of alkyl halides is 3. The largest absolute Gasteiger partial charge is 0.416 e. The highest BCUT2D eigenvalue weighted by atomic mass is 19.4. The molecule has 0 spiro atoms. The zero-order chi connectivity index (χ0) is 21.1. The maximum Gasteiger partial charge on any atom is 0.416 e. The third-order valence-electron chi connectivity index (χ3n) is 4.95. The van der Waals surface area contributed by atoms with E-state index in [-0.39, 0.29) is 12.1 Å². The number of carbonyl (C=O) groups excluding carboxylic acids is 1. The Bertz CT molecular complexity index is 1030. The molecule has 0 bridgehead atoms. The highest BCUT2D eigenvalue weighted by Gasteiger charge is 2.31. The van der Waals surface area contributed by atoms with Gasteiger partial charge >= 0.3 is 6.18 Å². The zero-order valence-electron chi connectivity index (χ0n) is 16.0. The number of benzene rings is 2. The highest BCUT2D eigenvalue weighted by Crippen LogP contribution is 2.30. The molecular weight excluding hydrogens is 395 g/mol. The third-order valence-corrected chi connectivity index (χ3v) is 4.95. The maximum absolute atomic E-state index is 12.9. The van der Waals surface area contributed by atoms with E-state index in [1.807, 2.05) is 41.2 Å². The number of carbonyl (C=O) groups is 1. The average molecular weight is 415 g/mol. The van der Waals surface area contributed by atoms with E-state index in [9.17, 15) is 18.0 Å². The Labute approximate surface area is 171 Å². The van der Waals surface area contributed by atoms with Gasteiger partial charge in [-0.25, -0.2) is 0 Å². The van der Waals surface area contributed by atoms with Gasteiger partial charge in [-0.05, 0) is 35.7 Å². The van der Waals surface area contributed by atoms with Gasteiger partial charge in [-0.1, -0.05) is 36.4 Å². The summed E-state index contributed by atoms with van der Waals surface area (Å²) in [5.74, 6) is -0.583. The number of hydrogen-bond acceptors (Lipinski definition) is 3. The number of ether oxygens (including phenoxy) is 1. The van der Waals surface area contributed by atoms with Gasteiger partial charge < -0.3 is 10.1 Å². The molecular formula is C22H20F3N3O2. The molecule has 30 heavy (non-hydrogen) atoms. The second kappa shape index (κ2) is 8.31. The van der Waals surface area contributed by atoms with E-state index >= 15 is 0 Å². The summed E-state index contributed by atoms with van der Waals surface area (Å²) in [5.41, 5.74) is 2.02. The minimum absolute atomic E-state index is 0.0459. The Morgan fingerprint density at radius 2 is 1.97 bits per heavy atom. The molecule has 0 aliphatic carbocycles. The van der Waals surface area contributed by atoms with Crippen molar-refractivity contribution in [2.24, 2.45) is 0 Å². The van der Waals surface area contributed by atoms with Gasteiger partial charge in [-0.2, -0.15) is 18.3 Å². The van der Waals surface area contributed by atoms with E-state index in [1.54, 1.807) is 0 Å². The Morgan fingerprint density at radius 3 is 2.73 bits per heavy atom. The second-order valence-corrected chi connectivity index (χ2v) is 7.12. The smallest absolute Gasteiger partial charge is 0.370 e. The molecule has 0 saturated heterocycles. The van der Waals surface area contributed by atoms with Crippen molar-refractivity contribution in [3.63, 3.8) is 0 Å². The van der Waals surface area contributed by atoms with E-state index < -0.39 is 23.8 Å². The first-order valence-corrected chi connectivity index (χ1v) is 9.57. The predicted molar refractivity (Wildman–Crippen MR) is 104 cm³/mol. The number of fused-ring (bicyclic) bond motifs is 1. The molecule has 0 saturated carbocycles. The molecule has 3 aromatic rings. The van der Waals surface area contributed by atoms with Crippen LogP contribution >= 0.6 is 0 Å². The van der Waals surface area contributed by atoms with Crippen LogP contribution in [-0.4, -0.2) is 28.8 Å². The first-order chi connectivity index (χ1) is 14.4. The van der Waals surface area contributed by atoms with E-state index in [4.69, 9.17) is 4.74 Å². The summed E-state index contributed by atoms with van der Waals surface area (Å²) in [6, 6.07) is 14.3. The minimum Gasteiger partial charge on any atom is -0.370 e. The quantitative estimate of drug-likeness (QED) is 0.686. The summed E-state index contributed by atoms with van der Waals surface area (Å²) in [4.78, 5) is 12.4. The Hall–Kier alpha value is -3.13. The van der Waals surface area contributed by atoms with Crippen molar-refractivity contribution in [2.45, 2.75) is 25.2 Å². The van der Waals surface area contributed by atoms with E-state index in [0.29, 0.717) is 13.2 Å². The summed E-state index contributed by atoms with van der Waals surface area (Å²) in [7, 11) is 0. The van der Waals surface area contributed by atoms with E-state index in [0.717, 1.165) is 35.4 Å². The van der Waals surface area contributed by atoms with Crippen molar-refractivity contribution >= 4 is 5.91 Å². The minimum atomic E-state index is -4.50. The Morgan fingerprint density at radius 1 is 1.17 bits per heavy atom.